The molecular formula is C13H19ClF2N2O. The van der Waals surface area contributed by atoms with Gasteiger partial charge in [0.2, 0.25) is 5.91 Å². The maximum absolute atomic E-state index is 12.4. The third-order valence-corrected chi connectivity index (χ3v) is 2.67. The van der Waals surface area contributed by atoms with Crippen molar-refractivity contribution in [3.8, 4) is 0 Å². The minimum absolute atomic E-state index is 0. The first-order chi connectivity index (χ1) is 8.43. The second-order valence-electron chi connectivity index (χ2n) is 4.36. The Morgan fingerprint density at radius 3 is 2.21 bits per heavy atom. The number of carbonyl (C=O) groups is 1. The Labute approximate surface area is 118 Å². The summed E-state index contributed by atoms with van der Waals surface area (Å²) in [5, 5.41) is 0. The lowest BCUT2D eigenvalue weighted by Gasteiger charge is -2.29. The highest BCUT2D eigenvalue weighted by molar-refractivity contribution is 5.85. The Morgan fingerprint density at radius 2 is 1.79 bits per heavy atom. The summed E-state index contributed by atoms with van der Waals surface area (Å²) < 4.78 is 24.9. The molecule has 1 atom stereocenters. The van der Waals surface area contributed by atoms with Gasteiger partial charge in [-0.3, -0.25) is 4.79 Å². The van der Waals surface area contributed by atoms with Gasteiger partial charge in [-0.1, -0.05) is 30.3 Å². The van der Waals surface area contributed by atoms with Gasteiger partial charge in [0.1, 0.15) is 6.04 Å². The van der Waals surface area contributed by atoms with Crippen molar-refractivity contribution in [1.29, 1.82) is 0 Å². The first-order valence-corrected chi connectivity index (χ1v) is 5.82. The molecule has 1 amide bonds. The summed E-state index contributed by atoms with van der Waals surface area (Å²) in [6.45, 7) is 2.80. The summed E-state index contributed by atoms with van der Waals surface area (Å²) in [5.74, 6) is -0.475. The van der Waals surface area contributed by atoms with Crippen LogP contribution in [0.1, 0.15) is 25.5 Å². The van der Waals surface area contributed by atoms with E-state index in [1.807, 2.05) is 0 Å². The van der Waals surface area contributed by atoms with E-state index in [0.29, 0.717) is 5.56 Å². The zero-order chi connectivity index (χ0) is 13.7. The van der Waals surface area contributed by atoms with E-state index < -0.39 is 24.9 Å². The second-order valence-corrected chi connectivity index (χ2v) is 4.36. The number of rotatable bonds is 5. The van der Waals surface area contributed by atoms with Crippen molar-refractivity contribution >= 4 is 18.3 Å². The molecule has 0 fully saturated rings. The Bertz CT molecular complexity index is 387. The maximum Gasteiger partial charge on any atom is 0.255 e. The zero-order valence-electron chi connectivity index (χ0n) is 10.9. The normalized spacial score (nSPS) is 12.2. The number of hydrogen-bond donors (Lipinski definition) is 1. The van der Waals surface area contributed by atoms with Crippen LogP contribution >= 0.6 is 12.4 Å². The average Bonchev–Trinajstić information content (AvgIpc) is 2.34. The topological polar surface area (TPSA) is 46.3 Å². The van der Waals surface area contributed by atoms with Gasteiger partial charge in [0.15, 0.2) is 0 Å². The molecule has 1 aromatic rings. The molecule has 1 aromatic carbocycles. The fraction of sp³-hybridized carbons (Fsp3) is 0.462. The summed E-state index contributed by atoms with van der Waals surface area (Å²) in [4.78, 5) is 13.2. The van der Waals surface area contributed by atoms with Crippen LogP contribution in [-0.4, -0.2) is 29.8 Å². The number of nitrogens with zero attached hydrogens (tertiary/aromatic N) is 1. The van der Waals surface area contributed by atoms with Crippen LogP contribution in [0.3, 0.4) is 0 Å². The highest BCUT2D eigenvalue weighted by Gasteiger charge is 2.26. The Morgan fingerprint density at radius 1 is 1.26 bits per heavy atom. The van der Waals surface area contributed by atoms with E-state index in [9.17, 15) is 13.6 Å². The van der Waals surface area contributed by atoms with E-state index in [4.69, 9.17) is 5.73 Å². The quantitative estimate of drug-likeness (QED) is 0.907. The largest absolute Gasteiger partial charge is 0.333 e. The predicted molar refractivity (Wildman–Crippen MR) is 73.5 cm³/mol. The Balaban J connectivity index is 0.00000324. The number of nitrogens with two attached hydrogens (primary N) is 1. The molecule has 0 saturated carbocycles. The molecule has 0 aromatic heterocycles. The van der Waals surface area contributed by atoms with Crippen molar-refractivity contribution in [2.75, 3.05) is 6.54 Å². The standard InChI is InChI=1S/C13H18F2N2O.ClH/c1-9(2)17(8-11(14)15)13(18)12(16)10-6-4-3-5-7-10;/h3-7,9,11-12H,8,16H2,1-2H3;1H. The smallest absolute Gasteiger partial charge is 0.255 e. The van der Waals surface area contributed by atoms with Crippen molar-refractivity contribution < 1.29 is 13.6 Å². The van der Waals surface area contributed by atoms with Gasteiger partial charge in [0.05, 0.1) is 6.54 Å². The molecule has 0 heterocycles. The third kappa shape index (κ3) is 5.12. The lowest BCUT2D eigenvalue weighted by molar-refractivity contribution is -0.136. The summed E-state index contributed by atoms with van der Waals surface area (Å²) in [5.41, 5.74) is 6.44. The van der Waals surface area contributed by atoms with Crippen LogP contribution < -0.4 is 5.73 Å². The molecule has 6 heteroatoms. The summed E-state index contributed by atoms with van der Waals surface area (Å²) >= 11 is 0. The number of halogens is 3. The van der Waals surface area contributed by atoms with Gasteiger partial charge in [-0.2, -0.15) is 0 Å². The molecule has 0 aliphatic heterocycles. The van der Waals surface area contributed by atoms with Gasteiger partial charge >= 0.3 is 0 Å². The first-order valence-electron chi connectivity index (χ1n) is 5.82. The lowest BCUT2D eigenvalue weighted by Crippen LogP contribution is -2.45. The molecule has 1 unspecified atom stereocenters. The molecule has 0 saturated heterocycles. The van der Waals surface area contributed by atoms with E-state index in [1.165, 1.54) is 0 Å². The SMILES string of the molecule is CC(C)N(CC(F)F)C(=O)C(N)c1ccccc1.Cl. The van der Waals surface area contributed by atoms with E-state index in [1.54, 1.807) is 44.2 Å². The molecule has 108 valence electrons. The van der Waals surface area contributed by atoms with Crippen molar-refractivity contribution in [3.63, 3.8) is 0 Å². The third-order valence-electron chi connectivity index (χ3n) is 2.67. The molecule has 0 radical (unpaired) electrons. The number of amides is 1. The number of benzene rings is 1. The minimum atomic E-state index is -2.56. The summed E-state index contributed by atoms with van der Waals surface area (Å²) in [6, 6.07) is 7.55. The zero-order valence-corrected chi connectivity index (χ0v) is 11.7. The highest BCUT2D eigenvalue weighted by atomic mass is 35.5. The number of alkyl halides is 2. The molecule has 1 rings (SSSR count). The van der Waals surface area contributed by atoms with Crippen molar-refractivity contribution in [3.05, 3.63) is 35.9 Å². The Hall–Kier alpha value is -1.20. The molecule has 0 spiro atoms. The fourth-order valence-electron chi connectivity index (χ4n) is 1.69. The second kappa shape index (κ2) is 8.07. The van der Waals surface area contributed by atoms with Gasteiger partial charge < -0.3 is 10.6 Å². The minimum Gasteiger partial charge on any atom is -0.333 e. The Kier molecular flexibility index (Phi) is 7.56. The molecule has 3 nitrogen and oxygen atoms in total. The van der Waals surface area contributed by atoms with Crippen molar-refractivity contribution in [2.45, 2.75) is 32.4 Å². The molecule has 19 heavy (non-hydrogen) atoms. The van der Waals surface area contributed by atoms with Gasteiger partial charge in [0.25, 0.3) is 6.43 Å². The summed E-state index contributed by atoms with van der Waals surface area (Å²) in [6.07, 6.45) is -2.56. The van der Waals surface area contributed by atoms with Gasteiger partial charge in [-0.05, 0) is 19.4 Å². The van der Waals surface area contributed by atoms with Crippen LogP contribution in [-0.2, 0) is 4.79 Å². The monoisotopic (exact) mass is 292 g/mol. The van der Waals surface area contributed by atoms with Crippen LogP contribution in [0.15, 0.2) is 30.3 Å². The van der Waals surface area contributed by atoms with Crippen LogP contribution in [0.4, 0.5) is 8.78 Å². The first kappa shape index (κ1) is 17.8. The van der Waals surface area contributed by atoms with Crippen LogP contribution in [0, 0.1) is 0 Å². The number of hydrogen-bond acceptors (Lipinski definition) is 2. The molecule has 0 aliphatic carbocycles. The van der Waals surface area contributed by atoms with Crippen LogP contribution in [0.2, 0.25) is 0 Å². The fourth-order valence-corrected chi connectivity index (χ4v) is 1.69. The van der Waals surface area contributed by atoms with Crippen LogP contribution in [0.25, 0.3) is 0 Å². The predicted octanol–water partition coefficient (Wildman–Crippen LogP) is 2.61. The number of carbonyl (C=O) groups excluding carboxylic acids is 1. The molecule has 2 N–H and O–H groups in total. The van der Waals surface area contributed by atoms with E-state index >= 15 is 0 Å². The highest BCUT2D eigenvalue weighted by Crippen LogP contribution is 2.15. The van der Waals surface area contributed by atoms with Gasteiger partial charge in [-0.15, -0.1) is 12.4 Å². The lowest BCUT2D eigenvalue weighted by atomic mass is 10.1. The maximum atomic E-state index is 12.4. The average molecular weight is 293 g/mol. The van der Waals surface area contributed by atoms with E-state index in [-0.39, 0.29) is 18.4 Å². The van der Waals surface area contributed by atoms with E-state index in [0.717, 1.165) is 4.90 Å². The molecule has 0 bridgehead atoms. The van der Waals surface area contributed by atoms with Crippen LogP contribution in [0.5, 0.6) is 0 Å². The summed E-state index contributed by atoms with van der Waals surface area (Å²) in [7, 11) is 0. The van der Waals surface area contributed by atoms with Crippen molar-refractivity contribution in [2.24, 2.45) is 5.73 Å². The van der Waals surface area contributed by atoms with Crippen molar-refractivity contribution in [1.82, 2.24) is 4.90 Å². The molecule has 0 aliphatic rings. The van der Waals surface area contributed by atoms with Gasteiger partial charge in [-0.25, -0.2) is 8.78 Å². The van der Waals surface area contributed by atoms with E-state index in [2.05, 4.69) is 0 Å². The molecular weight excluding hydrogens is 274 g/mol. The van der Waals surface area contributed by atoms with Gasteiger partial charge in [0, 0.05) is 6.04 Å².